The van der Waals surface area contributed by atoms with Gasteiger partial charge in [0.15, 0.2) is 0 Å². The maximum Gasteiger partial charge on any atom is 0.123 e. The molecule has 0 saturated heterocycles. The average Bonchev–Trinajstić information content (AvgIpc) is 2.52. The summed E-state index contributed by atoms with van der Waals surface area (Å²) in [7, 11) is 5.14. The Balaban J connectivity index is 3.04. The lowest BCUT2D eigenvalue weighted by molar-refractivity contribution is 0.169. The van der Waals surface area contributed by atoms with Crippen LogP contribution in [0.3, 0.4) is 0 Å². The van der Waals surface area contributed by atoms with Crippen LogP contribution in [0, 0.1) is 5.92 Å². The topological polar surface area (TPSA) is 39.7 Å². The van der Waals surface area contributed by atoms with Crippen LogP contribution < -0.4 is 14.8 Å². The number of benzene rings is 1. The van der Waals surface area contributed by atoms with Gasteiger partial charge in [-0.1, -0.05) is 13.8 Å². The molecule has 21 heavy (non-hydrogen) atoms. The quantitative estimate of drug-likeness (QED) is 0.718. The predicted molar refractivity (Wildman–Crippen MR) is 86.2 cm³/mol. The van der Waals surface area contributed by atoms with Gasteiger partial charge in [-0.2, -0.15) is 0 Å². The molecule has 1 rings (SSSR count). The molecule has 120 valence electrons. The predicted octanol–water partition coefficient (Wildman–Crippen LogP) is 3.42. The van der Waals surface area contributed by atoms with E-state index in [1.54, 1.807) is 21.3 Å². The lowest BCUT2D eigenvalue weighted by atomic mass is 9.91. The highest BCUT2D eigenvalue weighted by atomic mass is 16.5. The average molecular weight is 295 g/mol. The zero-order valence-corrected chi connectivity index (χ0v) is 13.9. The molecule has 0 aromatic heterocycles. The summed E-state index contributed by atoms with van der Waals surface area (Å²) in [4.78, 5) is 0. The largest absolute Gasteiger partial charge is 0.497 e. The second-order valence-corrected chi connectivity index (χ2v) is 5.30. The van der Waals surface area contributed by atoms with Crippen molar-refractivity contribution in [3.8, 4) is 11.5 Å². The molecule has 0 spiro atoms. The minimum Gasteiger partial charge on any atom is -0.497 e. The fourth-order valence-corrected chi connectivity index (χ4v) is 2.47. The van der Waals surface area contributed by atoms with Crippen molar-refractivity contribution >= 4 is 0 Å². The van der Waals surface area contributed by atoms with Crippen LogP contribution in [0.25, 0.3) is 0 Å². The summed E-state index contributed by atoms with van der Waals surface area (Å²) >= 11 is 0. The second-order valence-electron chi connectivity index (χ2n) is 5.30. The highest BCUT2D eigenvalue weighted by Crippen LogP contribution is 2.34. The second kappa shape index (κ2) is 9.64. The van der Waals surface area contributed by atoms with Crippen molar-refractivity contribution in [2.75, 3.05) is 34.5 Å². The smallest absolute Gasteiger partial charge is 0.123 e. The van der Waals surface area contributed by atoms with E-state index >= 15 is 0 Å². The van der Waals surface area contributed by atoms with E-state index in [1.807, 2.05) is 12.1 Å². The van der Waals surface area contributed by atoms with Crippen LogP contribution in [0.15, 0.2) is 18.2 Å². The van der Waals surface area contributed by atoms with Gasteiger partial charge >= 0.3 is 0 Å². The fourth-order valence-electron chi connectivity index (χ4n) is 2.47. The van der Waals surface area contributed by atoms with Gasteiger partial charge in [0.2, 0.25) is 0 Å². The van der Waals surface area contributed by atoms with Gasteiger partial charge in [-0.3, -0.25) is 0 Å². The van der Waals surface area contributed by atoms with E-state index in [9.17, 15) is 0 Å². The van der Waals surface area contributed by atoms with Crippen LogP contribution in [-0.4, -0.2) is 34.5 Å². The Kier molecular flexibility index (Phi) is 8.16. The molecular formula is C17H29NO3. The maximum absolute atomic E-state index is 5.53. The molecule has 4 heteroatoms. The highest BCUT2D eigenvalue weighted by Gasteiger charge is 2.22. The van der Waals surface area contributed by atoms with Gasteiger partial charge in [0.1, 0.15) is 11.5 Å². The van der Waals surface area contributed by atoms with Gasteiger partial charge in [0.05, 0.1) is 14.2 Å². The molecule has 1 aromatic rings. The molecule has 1 aromatic carbocycles. The summed E-state index contributed by atoms with van der Waals surface area (Å²) in [5, 5.41) is 3.63. The summed E-state index contributed by atoms with van der Waals surface area (Å²) in [5.41, 5.74) is 1.15. The summed E-state index contributed by atoms with van der Waals surface area (Å²) in [5.74, 6) is 2.19. The first-order valence-electron chi connectivity index (χ1n) is 7.62. The third-order valence-electron chi connectivity index (χ3n) is 3.73. The van der Waals surface area contributed by atoms with Gasteiger partial charge in [0, 0.05) is 25.3 Å². The van der Waals surface area contributed by atoms with E-state index in [-0.39, 0.29) is 6.04 Å². The number of rotatable bonds is 10. The van der Waals surface area contributed by atoms with Crippen LogP contribution in [0.2, 0.25) is 0 Å². The van der Waals surface area contributed by atoms with E-state index in [0.717, 1.165) is 43.1 Å². The molecular weight excluding hydrogens is 266 g/mol. The first-order chi connectivity index (χ1) is 10.2. The maximum atomic E-state index is 5.53. The molecule has 0 aliphatic heterocycles. The fraction of sp³-hybridized carbons (Fsp3) is 0.647. The monoisotopic (exact) mass is 295 g/mol. The van der Waals surface area contributed by atoms with Crippen LogP contribution in [-0.2, 0) is 4.74 Å². The molecule has 0 amide bonds. The molecule has 2 unspecified atom stereocenters. The number of ether oxygens (including phenoxy) is 3. The summed E-state index contributed by atoms with van der Waals surface area (Å²) in [6.07, 6.45) is 2.10. The summed E-state index contributed by atoms with van der Waals surface area (Å²) < 4.78 is 16.1. The molecule has 4 nitrogen and oxygen atoms in total. The number of hydrogen-bond acceptors (Lipinski definition) is 4. The lowest BCUT2D eigenvalue weighted by Crippen LogP contribution is -2.28. The van der Waals surface area contributed by atoms with E-state index in [0.29, 0.717) is 5.92 Å². The van der Waals surface area contributed by atoms with E-state index in [4.69, 9.17) is 14.2 Å². The van der Waals surface area contributed by atoms with Gasteiger partial charge in [-0.25, -0.2) is 0 Å². The van der Waals surface area contributed by atoms with Crippen molar-refractivity contribution in [1.82, 2.24) is 5.32 Å². The summed E-state index contributed by atoms with van der Waals surface area (Å²) in [6, 6.07) is 6.19. The first-order valence-corrected chi connectivity index (χ1v) is 7.62. The Morgan fingerprint density at radius 3 is 2.48 bits per heavy atom. The molecule has 0 bridgehead atoms. The zero-order valence-electron chi connectivity index (χ0n) is 13.9. The number of nitrogens with one attached hydrogen (secondary N) is 1. The minimum absolute atomic E-state index is 0.227. The van der Waals surface area contributed by atoms with Gasteiger partial charge in [0.25, 0.3) is 0 Å². The number of methoxy groups -OCH3 is 3. The Morgan fingerprint density at radius 1 is 1.14 bits per heavy atom. The highest BCUT2D eigenvalue weighted by molar-refractivity contribution is 5.42. The normalized spacial score (nSPS) is 13.8. The molecule has 0 fully saturated rings. The SMILES string of the molecule is CCCNC(c1cc(OC)ccc1OC)C(C)CCOC. The van der Waals surface area contributed by atoms with Crippen molar-refractivity contribution in [3.63, 3.8) is 0 Å². The zero-order chi connectivity index (χ0) is 15.7. The molecule has 0 radical (unpaired) electrons. The Morgan fingerprint density at radius 2 is 1.90 bits per heavy atom. The molecule has 0 saturated carbocycles. The van der Waals surface area contributed by atoms with E-state index < -0.39 is 0 Å². The van der Waals surface area contributed by atoms with Crippen LogP contribution >= 0.6 is 0 Å². The van der Waals surface area contributed by atoms with E-state index in [1.165, 1.54) is 0 Å². The molecule has 1 N–H and O–H groups in total. The molecule has 0 aliphatic rings. The Labute approximate surface area is 128 Å². The van der Waals surface area contributed by atoms with Gasteiger partial charge in [-0.15, -0.1) is 0 Å². The van der Waals surface area contributed by atoms with Crippen molar-refractivity contribution in [2.45, 2.75) is 32.7 Å². The Bertz CT molecular complexity index is 409. The Hall–Kier alpha value is -1.26. The number of hydrogen-bond donors (Lipinski definition) is 1. The van der Waals surface area contributed by atoms with Crippen LogP contribution in [0.4, 0.5) is 0 Å². The van der Waals surface area contributed by atoms with Crippen molar-refractivity contribution < 1.29 is 14.2 Å². The van der Waals surface area contributed by atoms with Crippen LogP contribution in [0.5, 0.6) is 11.5 Å². The van der Waals surface area contributed by atoms with Crippen molar-refractivity contribution in [3.05, 3.63) is 23.8 Å². The third-order valence-corrected chi connectivity index (χ3v) is 3.73. The van der Waals surface area contributed by atoms with Crippen LogP contribution in [0.1, 0.15) is 38.3 Å². The lowest BCUT2D eigenvalue weighted by Gasteiger charge is -2.27. The third kappa shape index (κ3) is 5.21. The van der Waals surface area contributed by atoms with Crippen molar-refractivity contribution in [2.24, 2.45) is 5.92 Å². The minimum atomic E-state index is 0.227. The standard InChI is InChI=1S/C17H29NO3/c1-6-10-18-17(13(2)9-11-19-3)15-12-14(20-4)7-8-16(15)21-5/h7-8,12-13,17-18H,6,9-11H2,1-5H3. The summed E-state index contributed by atoms with van der Waals surface area (Å²) in [6.45, 7) is 6.15. The molecule has 2 atom stereocenters. The molecule has 0 aliphatic carbocycles. The van der Waals surface area contributed by atoms with Crippen molar-refractivity contribution in [1.29, 1.82) is 0 Å². The van der Waals surface area contributed by atoms with Gasteiger partial charge in [-0.05, 0) is 43.5 Å². The molecule has 0 heterocycles. The first kappa shape index (κ1) is 17.8. The van der Waals surface area contributed by atoms with E-state index in [2.05, 4.69) is 25.2 Å². The van der Waals surface area contributed by atoms with Gasteiger partial charge < -0.3 is 19.5 Å².